The van der Waals surface area contributed by atoms with Gasteiger partial charge in [-0.1, -0.05) is 0 Å². The zero-order chi connectivity index (χ0) is 13.2. The summed E-state index contributed by atoms with van der Waals surface area (Å²) >= 11 is 0. The molecular formula is C9H8ClFO5S. The molecule has 8 heteroatoms. The second kappa shape index (κ2) is 4.89. The number of hydrogen-bond donors (Lipinski definition) is 0. The van der Waals surface area contributed by atoms with E-state index in [-0.39, 0.29) is 0 Å². The summed E-state index contributed by atoms with van der Waals surface area (Å²) in [7, 11) is 3.04. The predicted octanol–water partition coefficient (Wildman–Crippen LogP) is 1.55. The molecule has 0 unspecified atom stereocenters. The Morgan fingerprint density at radius 2 is 1.94 bits per heavy atom. The number of hydrogen-bond acceptors (Lipinski definition) is 5. The van der Waals surface area contributed by atoms with Gasteiger partial charge >= 0.3 is 5.97 Å². The van der Waals surface area contributed by atoms with Crippen molar-refractivity contribution in [3.05, 3.63) is 23.5 Å². The molecule has 0 aromatic heterocycles. The van der Waals surface area contributed by atoms with E-state index < -0.39 is 37.0 Å². The Kier molecular flexibility index (Phi) is 3.94. The first-order valence-corrected chi connectivity index (χ1v) is 6.53. The monoisotopic (exact) mass is 282 g/mol. The summed E-state index contributed by atoms with van der Waals surface area (Å²) in [6.45, 7) is 0. The lowest BCUT2D eigenvalue weighted by Gasteiger charge is -2.10. The van der Waals surface area contributed by atoms with Crippen LogP contribution in [0.25, 0.3) is 0 Å². The van der Waals surface area contributed by atoms with Crippen LogP contribution in [0.3, 0.4) is 0 Å². The van der Waals surface area contributed by atoms with Crippen molar-refractivity contribution in [1.29, 1.82) is 0 Å². The Morgan fingerprint density at radius 1 is 1.35 bits per heavy atom. The molecule has 0 atom stereocenters. The smallest absolute Gasteiger partial charge is 0.343 e. The minimum atomic E-state index is -4.21. The average Bonchev–Trinajstić information content (AvgIpc) is 2.25. The van der Waals surface area contributed by atoms with Crippen molar-refractivity contribution in [3.8, 4) is 5.75 Å². The number of halogens is 2. The normalized spacial score (nSPS) is 11.1. The van der Waals surface area contributed by atoms with Gasteiger partial charge in [-0.15, -0.1) is 0 Å². The zero-order valence-corrected chi connectivity index (χ0v) is 10.4. The van der Waals surface area contributed by atoms with Gasteiger partial charge in [0.2, 0.25) is 0 Å². The third-order valence-electron chi connectivity index (χ3n) is 1.93. The first kappa shape index (κ1) is 13.7. The van der Waals surface area contributed by atoms with Gasteiger partial charge < -0.3 is 9.47 Å². The van der Waals surface area contributed by atoms with Crippen molar-refractivity contribution in [2.45, 2.75) is 4.90 Å². The van der Waals surface area contributed by atoms with Crippen LogP contribution in [-0.2, 0) is 13.8 Å². The van der Waals surface area contributed by atoms with E-state index in [1.54, 1.807) is 0 Å². The molecule has 1 rings (SSSR count). The number of esters is 1. The summed E-state index contributed by atoms with van der Waals surface area (Å²) in [6.07, 6.45) is 0. The van der Waals surface area contributed by atoms with Gasteiger partial charge in [-0.3, -0.25) is 0 Å². The molecular weight excluding hydrogens is 275 g/mol. The van der Waals surface area contributed by atoms with E-state index in [9.17, 15) is 17.6 Å². The zero-order valence-electron chi connectivity index (χ0n) is 8.86. The molecule has 0 amide bonds. The maximum Gasteiger partial charge on any atom is 0.343 e. The van der Waals surface area contributed by atoms with E-state index in [0.29, 0.717) is 0 Å². The van der Waals surface area contributed by atoms with E-state index in [2.05, 4.69) is 9.47 Å². The Morgan fingerprint density at radius 3 is 2.35 bits per heavy atom. The van der Waals surface area contributed by atoms with Crippen LogP contribution < -0.4 is 4.74 Å². The van der Waals surface area contributed by atoms with E-state index in [4.69, 9.17) is 10.7 Å². The van der Waals surface area contributed by atoms with Gasteiger partial charge in [-0.25, -0.2) is 17.6 Å². The molecule has 0 N–H and O–H groups in total. The van der Waals surface area contributed by atoms with Crippen molar-refractivity contribution in [2.24, 2.45) is 0 Å². The van der Waals surface area contributed by atoms with Crippen LogP contribution in [0.4, 0.5) is 4.39 Å². The Bertz CT molecular complexity index is 555. The highest BCUT2D eigenvalue weighted by Crippen LogP contribution is 2.31. The first-order chi connectivity index (χ1) is 7.82. The van der Waals surface area contributed by atoms with Crippen LogP contribution in [0.1, 0.15) is 10.4 Å². The molecule has 0 aliphatic carbocycles. The van der Waals surface area contributed by atoms with Gasteiger partial charge in [-0.05, 0) is 12.1 Å². The van der Waals surface area contributed by atoms with Gasteiger partial charge in [0.1, 0.15) is 10.5 Å². The van der Waals surface area contributed by atoms with Crippen LogP contribution in [0.5, 0.6) is 5.75 Å². The van der Waals surface area contributed by atoms with E-state index in [1.807, 2.05) is 0 Å². The average molecular weight is 283 g/mol. The number of methoxy groups -OCH3 is 2. The van der Waals surface area contributed by atoms with Crippen LogP contribution in [-0.4, -0.2) is 28.6 Å². The lowest BCUT2D eigenvalue weighted by Crippen LogP contribution is -2.11. The van der Waals surface area contributed by atoms with Crippen molar-refractivity contribution >= 4 is 25.7 Å². The predicted molar refractivity (Wildman–Crippen MR) is 57.3 cm³/mol. The molecule has 94 valence electrons. The third kappa shape index (κ3) is 2.67. The highest BCUT2D eigenvalue weighted by atomic mass is 35.7. The fourth-order valence-corrected chi connectivity index (χ4v) is 2.27. The number of ether oxygens (including phenoxy) is 2. The third-order valence-corrected chi connectivity index (χ3v) is 3.29. The van der Waals surface area contributed by atoms with Crippen molar-refractivity contribution in [1.82, 2.24) is 0 Å². The summed E-state index contributed by atoms with van der Waals surface area (Å²) in [6, 6.07) is 1.70. The highest BCUT2D eigenvalue weighted by molar-refractivity contribution is 8.13. The van der Waals surface area contributed by atoms with Crippen molar-refractivity contribution < 1.29 is 27.1 Å². The summed E-state index contributed by atoms with van der Waals surface area (Å²) in [5.41, 5.74) is -0.565. The van der Waals surface area contributed by atoms with E-state index in [1.165, 1.54) is 0 Å². The maximum absolute atomic E-state index is 13.3. The van der Waals surface area contributed by atoms with E-state index in [0.717, 1.165) is 26.4 Å². The number of carbonyl (C=O) groups excluding carboxylic acids is 1. The molecule has 0 saturated heterocycles. The molecule has 0 radical (unpaired) electrons. The molecule has 0 spiro atoms. The highest BCUT2D eigenvalue weighted by Gasteiger charge is 2.27. The van der Waals surface area contributed by atoms with Gasteiger partial charge in [0.25, 0.3) is 9.05 Å². The fourth-order valence-electron chi connectivity index (χ4n) is 1.24. The Hall–Kier alpha value is -1.34. The molecule has 0 fully saturated rings. The number of rotatable bonds is 3. The topological polar surface area (TPSA) is 69.7 Å². The van der Waals surface area contributed by atoms with Gasteiger partial charge in [0.15, 0.2) is 11.6 Å². The second-order valence-corrected chi connectivity index (χ2v) is 5.42. The SMILES string of the molecule is COC(=O)c1c(S(=O)(=O)Cl)ccc(F)c1OC. The lowest BCUT2D eigenvalue weighted by molar-refractivity contribution is 0.0591. The quantitative estimate of drug-likeness (QED) is 0.621. The van der Waals surface area contributed by atoms with Crippen LogP contribution in [0.15, 0.2) is 17.0 Å². The molecule has 1 aromatic rings. The lowest BCUT2D eigenvalue weighted by atomic mass is 10.2. The van der Waals surface area contributed by atoms with Gasteiger partial charge in [0.05, 0.1) is 14.2 Å². The standard InChI is InChI=1S/C9H8ClFO5S/c1-15-8-5(11)3-4-6(17(10,13)14)7(8)9(12)16-2/h3-4H,1-2H3. The van der Waals surface area contributed by atoms with Crippen molar-refractivity contribution in [2.75, 3.05) is 14.2 Å². The summed E-state index contributed by atoms with van der Waals surface area (Å²) in [5, 5.41) is 0. The second-order valence-electron chi connectivity index (χ2n) is 2.88. The van der Waals surface area contributed by atoms with Crippen LogP contribution in [0.2, 0.25) is 0 Å². The summed E-state index contributed by atoms with van der Waals surface area (Å²) in [4.78, 5) is 10.9. The van der Waals surface area contributed by atoms with Crippen molar-refractivity contribution in [3.63, 3.8) is 0 Å². The van der Waals surface area contributed by atoms with E-state index >= 15 is 0 Å². The molecule has 0 saturated carbocycles. The summed E-state index contributed by atoms with van der Waals surface area (Å²) < 4.78 is 44.8. The Balaban J connectivity index is 3.69. The molecule has 1 aromatic carbocycles. The molecule has 17 heavy (non-hydrogen) atoms. The Labute approximate surface area is 102 Å². The molecule has 0 aliphatic rings. The largest absolute Gasteiger partial charge is 0.493 e. The number of benzene rings is 1. The minimum Gasteiger partial charge on any atom is -0.493 e. The minimum absolute atomic E-state index is 0.529. The molecule has 0 bridgehead atoms. The maximum atomic E-state index is 13.3. The summed E-state index contributed by atoms with van der Waals surface area (Å²) in [5.74, 6) is -2.48. The number of carbonyl (C=O) groups is 1. The first-order valence-electron chi connectivity index (χ1n) is 4.22. The van der Waals surface area contributed by atoms with Crippen LogP contribution in [0, 0.1) is 5.82 Å². The van der Waals surface area contributed by atoms with Gasteiger partial charge in [-0.2, -0.15) is 0 Å². The van der Waals surface area contributed by atoms with Crippen LogP contribution >= 0.6 is 10.7 Å². The fraction of sp³-hybridized carbons (Fsp3) is 0.222. The molecule has 5 nitrogen and oxygen atoms in total. The molecule has 0 heterocycles. The van der Waals surface area contributed by atoms with Gasteiger partial charge in [0, 0.05) is 10.7 Å². The molecule has 0 aliphatic heterocycles.